The lowest BCUT2D eigenvalue weighted by atomic mass is 10.0. The van der Waals surface area contributed by atoms with Gasteiger partial charge in [0.1, 0.15) is 0 Å². The van der Waals surface area contributed by atoms with E-state index < -0.39 is 8.45 Å². The molecule has 1 fully saturated rings. The lowest BCUT2D eigenvalue weighted by molar-refractivity contribution is 0.334. The molecule has 1 aliphatic heterocycles. The van der Waals surface area contributed by atoms with Crippen molar-refractivity contribution in [2.24, 2.45) is 0 Å². The van der Waals surface area contributed by atoms with Gasteiger partial charge in [0, 0.05) is 37.1 Å². The zero-order valence-corrected chi connectivity index (χ0v) is 20.1. The van der Waals surface area contributed by atoms with Gasteiger partial charge in [0.05, 0.1) is 0 Å². The van der Waals surface area contributed by atoms with Crippen LogP contribution >= 0.6 is 8.45 Å². The molecule has 0 unspecified atom stereocenters. The summed E-state index contributed by atoms with van der Waals surface area (Å²) in [4.78, 5) is 11.4. The number of nitrogens with zero attached hydrogens (tertiary/aromatic N) is 2. The van der Waals surface area contributed by atoms with Crippen molar-refractivity contribution in [3.05, 3.63) is 121 Å². The molecule has 34 heavy (non-hydrogen) atoms. The maximum Gasteiger partial charge on any atom is 0.215 e. The van der Waals surface area contributed by atoms with Crippen molar-refractivity contribution in [2.45, 2.75) is 19.0 Å². The third-order valence-corrected chi connectivity index (χ3v) is 8.02. The summed E-state index contributed by atoms with van der Waals surface area (Å²) in [5.74, 6) is 0. The number of hydrogen-bond donors (Lipinski definition) is 2. The molecule has 0 amide bonds. The first-order chi connectivity index (χ1) is 16.8. The van der Waals surface area contributed by atoms with Gasteiger partial charge in [-0.15, -0.1) is 0 Å². The lowest BCUT2D eigenvalue weighted by Crippen LogP contribution is -2.30. The van der Waals surface area contributed by atoms with Crippen LogP contribution in [0.4, 0.5) is 11.4 Å². The molecule has 0 radical (unpaired) electrons. The summed E-state index contributed by atoms with van der Waals surface area (Å²) in [5, 5.41) is 3.54. The van der Waals surface area contributed by atoms with Crippen LogP contribution in [0.3, 0.4) is 0 Å². The highest BCUT2D eigenvalue weighted by Gasteiger charge is 2.39. The normalized spacial score (nSPS) is 18.2. The van der Waals surface area contributed by atoms with Crippen LogP contribution in [-0.2, 0) is 6.54 Å². The van der Waals surface area contributed by atoms with Crippen LogP contribution in [0.1, 0.15) is 12.0 Å². The third-order valence-electron chi connectivity index (χ3n) is 6.26. The van der Waals surface area contributed by atoms with Gasteiger partial charge in [-0.3, -0.25) is 0 Å². The Bertz CT molecular complexity index is 1170. The summed E-state index contributed by atoms with van der Waals surface area (Å²) in [5.41, 5.74) is 5.86. The standard InChI is InChI=1S/C29H30N3OP/c33-34-31(22-24-11-10-14-26(21-24)25-12-4-1-5-13-25)29(19-20-30-27-15-6-2-7-16-27)23-32(34)28-17-8-3-9-18-28/h1-18,21,29-30,33H,19-20,22-23H2/t29-,34+/m1/s1. The van der Waals surface area contributed by atoms with E-state index in [-0.39, 0.29) is 6.04 Å². The van der Waals surface area contributed by atoms with Gasteiger partial charge in [0.15, 0.2) is 0 Å². The fourth-order valence-electron chi connectivity index (χ4n) is 4.50. The van der Waals surface area contributed by atoms with Crippen LogP contribution in [-0.4, -0.2) is 28.7 Å². The van der Waals surface area contributed by atoms with Crippen LogP contribution in [0.15, 0.2) is 115 Å². The predicted octanol–water partition coefficient (Wildman–Crippen LogP) is 6.77. The Kier molecular flexibility index (Phi) is 7.21. The van der Waals surface area contributed by atoms with E-state index in [0.29, 0.717) is 0 Å². The molecule has 0 spiro atoms. The topological polar surface area (TPSA) is 38.7 Å². The molecule has 4 aromatic rings. The highest BCUT2D eigenvalue weighted by molar-refractivity contribution is 7.51. The number of hydrogen-bond acceptors (Lipinski definition) is 4. The second-order valence-corrected chi connectivity index (χ2v) is 10.1. The Morgan fingerprint density at radius 2 is 1.41 bits per heavy atom. The van der Waals surface area contributed by atoms with E-state index in [1.54, 1.807) is 0 Å². The number of anilines is 2. The highest BCUT2D eigenvalue weighted by Crippen LogP contribution is 2.51. The van der Waals surface area contributed by atoms with Gasteiger partial charge >= 0.3 is 0 Å². The van der Waals surface area contributed by atoms with E-state index in [0.717, 1.165) is 37.4 Å². The second-order valence-electron chi connectivity index (χ2n) is 8.59. The van der Waals surface area contributed by atoms with Crippen LogP contribution in [0.2, 0.25) is 0 Å². The highest BCUT2D eigenvalue weighted by atomic mass is 31.2. The molecule has 0 aliphatic carbocycles. The van der Waals surface area contributed by atoms with E-state index in [4.69, 9.17) is 0 Å². The molecule has 1 heterocycles. The average Bonchev–Trinajstić information content (AvgIpc) is 3.21. The molecular formula is C29H30N3OP. The number of benzene rings is 4. The third kappa shape index (κ3) is 5.31. The molecular weight excluding hydrogens is 437 g/mol. The largest absolute Gasteiger partial charge is 0.385 e. The van der Waals surface area contributed by atoms with E-state index >= 15 is 0 Å². The van der Waals surface area contributed by atoms with E-state index in [1.807, 2.05) is 42.5 Å². The van der Waals surface area contributed by atoms with Gasteiger partial charge in [0.25, 0.3) is 0 Å². The van der Waals surface area contributed by atoms with Crippen LogP contribution in [0.25, 0.3) is 11.1 Å². The molecule has 4 nitrogen and oxygen atoms in total. The molecule has 5 rings (SSSR count). The number of nitrogens with one attached hydrogen (secondary N) is 1. The number of rotatable bonds is 8. The van der Waals surface area contributed by atoms with E-state index in [1.165, 1.54) is 16.7 Å². The Morgan fingerprint density at radius 1 is 0.765 bits per heavy atom. The van der Waals surface area contributed by atoms with Crippen LogP contribution in [0.5, 0.6) is 0 Å². The summed E-state index contributed by atoms with van der Waals surface area (Å²) >= 11 is 0. The van der Waals surface area contributed by atoms with Crippen molar-refractivity contribution in [3.63, 3.8) is 0 Å². The van der Waals surface area contributed by atoms with Gasteiger partial charge < -0.3 is 14.9 Å². The fraction of sp³-hybridized carbons (Fsp3) is 0.172. The average molecular weight is 468 g/mol. The fourth-order valence-corrected chi connectivity index (χ4v) is 6.22. The molecule has 1 saturated heterocycles. The lowest BCUT2D eigenvalue weighted by Gasteiger charge is -2.27. The maximum absolute atomic E-state index is 11.4. The molecule has 5 heteroatoms. The van der Waals surface area contributed by atoms with Gasteiger partial charge in [-0.05, 0) is 53.4 Å². The maximum atomic E-state index is 11.4. The minimum absolute atomic E-state index is 0.257. The monoisotopic (exact) mass is 467 g/mol. The SMILES string of the molecule is O[P@]1N(c2ccccc2)C[C@@H](CCNc2ccccc2)N1Cc1cccc(-c2ccccc2)c1. The zero-order valence-electron chi connectivity index (χ0n) is 19.2. The molecule has 0 saturated carbocycles. The number of para-hydroxylation sites is 2. The molecule has 1 aliphatic rings. The first-order valence-electron chi connectivity index (χ1n) is 11.8. The van der Waals surface area contributed by atoms with E-state index in [9.17, 15) is 4.89 Å². The molecule has 4 aromatic carbocycles. The zero-order chi connectivity index (χ0) is 23.2. The van der Waals surface area contributed by atoms with Crippen molar-refractivity contribution in [1.29, 1.82) is 0 Å². The summed E-state index contributed by atoms with van der Waals surface area (Å²) in [6, 6.07) is 40.0. The first-order valence-corrected chi connectivity index (χ1v) is 13.0. The Labute approximate surface area is 203 Å². The Balaban J connectivity index is 1.34. The molecule has 172 valence electrons. The molecule has 2 atom stereocenters. The summed E-state index contributed by atoms with van der Waals surface area (Å²) in [7, 11) is -1.43. The first kappa shape index (κ1) is 22.6. The van der Waals surface area contributed by atoms with Crippen LogP contribution in [0, 0.1) is 0 Å². The summed E-state index contributed by atoms with van der Waals surface area (Å²) in [6.07, 6.45) is 0.954. The van der Waals surface area contributed by atoms with Crippen LogP contribution < -0.4 is 9.99 Å². The van der Waals surface area contributed by atoms with Gasteiger partial charge in [-0.25, -0.2) is 4.67 Å². The summed E-state index contributed by atoms with van der Waals surface area (Å²) < 4.78 is 4.46. The minimum atomic E-state index is -1.43. The van der Waals surface area contributed by atoms with Crippen molar-refractivity contribution >= 4 is 19.8 Å². The minimum Gasteiger partial charge on any atom is -0.385 e. The van der Waals surface area contributed by atoms with Gasteiger partial charge in [-0.2, -0.15) is 0 Å². The summed E-state index contributed by atoms with van der Waals surface area (Å²) in [6.45, 7) is 2.41. The second kappa shape index (κ2) is 10.8. The quantitative estimate of drug-likeness (QED) is 0.281. The molecule has 0 bridgehead atoms. The van der Waals surface area contributed by atoms with Crippen molar-refractivity contribution in [3.8, 4) is 11.1 Å². The van der Waals surface area contributed by atoms with Crippen molar-refractivity contribution in [2.75, 3.05) is 23.1 Å². The molecule has 2 N–H and O–H groups in total. The smallest absolute Gasteiger partial charge is 0.215 e. The van der Waals surface area contributed by atoms with Gasteiger partial charge in [-0.1, -0.05) is 84.9 Å². The van der Waals surface area contributed by atoms with Crippen molar-refractivity contribution < 1.29 is 4.89 Å². The van der Waals surface area contributed by atoms with E-state index in [2.05, 4.69) is 87.5 Å². The Hall–Kier alpha value is -3.17. The Morgan fingerprint density at radius 3 is 2.15 bits per heavy atom. The van der Waals surface area contributed by atoms with Crippen molar-refractivity contribution in [1.82, 2.24) is 4.67 Å². The molecule has 0 aromatic heterocycles. The predicted molar refractivity (Wildman–Crippen MR) is 144 cm³/mol. The van der Waals surface area contributed by atoms with Gasteiger partial charge in [0.2, 0.25) is 8.45 Å².